The SMILES string of the molecule is Cc1cc(C(=O)NCC2CCCCC2C(=O)O)no1. The van der Waals surface area contributed by atoms with E-state index in [1.807, 2.05) is 0 Å². The van der Waals surface area contributed by atoms with Gasteiger partial charge >= 0.3 is 5.97 Å². The van der Waals surface area contributed by atoms with Crippen LogP contribution in [-0.2, 0) is 4.79 Å². The van der Waals surface area contributed by atoms with Gasteiger partial charge in [0.05, 0.1) is 5.92 Å². The van der Waals surface area contributed by atoms with E-state index in [2.05, 4.69) is 10.5 Å². The van der Waals surface area contributed by atoms with Crippen molar-refractivity contribution >= 4 is 11.9 Å². The highest BCUT2D eigenvalue weighted by Crippen LogP contribution is 2.29. The quantitative estimate of drug-likeness (QED) is 0.863. The van der Waals surface area contributed by atoms with Crippen LogP contribution in [0.4, 0.5) is 0 Å². The molecule has 0 aromatic carbocycles. The molecule has 1 aliphatic carbocycles. The number of nitrogens with zero attached hydrogens (tertiary/aromatic N) is 1. The molecule has 0 aliphatic heterocycles. The summed E-state index contributed by atoms with van der Waals surface area (Å²) in [5.74, 6) is -0.856. The van der Waals surface area contributed by atoms with Gasteiger partial charge in [0, 0.05) is 12.6 Å². The molecule has 0 spiro atoms. The third-order valence-corrected chi connectivity index (χ3v) is 3.61. The minimum atomic E-state index is -0.767. The summed E-state index contributed by atoms with van der Waals surface area (Å²) in [5, 5.41) is 15.5. The lowest BCUT2D eigenvalue weighted by molar-refractivity contribution is -0.144. The molecule has 2 atom stereocenters. The number of aliphatic carboxylic acids is 1. The van der Waals surface area contributed by atoms with Gasteiger partial charge in [0.1, 0.15) is 5.76 Å². The van der Waals surface area contributed by atoms with Crippen LogP contribution in [0, 0.1) is 18.8 Å². The van der Waals surface area contributed by atoms with Gasteiger partial charge in [-0.25, -0.2) is 0 Å². The number of amides is 1. The molecule has 2 unspecified atom stereocenters. The van der Waals surface area contributed by atoms with Gasteiger partial charge in [-0.1, -0.05) is 18.0 Å². The van der Waals surface area contributed by atoms with E-state index in [4.69, 9.17) is 9.63 Å². The van der Waals surface area contributed by atoms with E-state index in [0.717, 1.165) is 19.3 Å². The fraction of sp³-hybridized carbons (Fsp3) is 0.615. The highest BCUT2D eigenvalue weighted by molar-refractivity contribution is 5.92. The molecule has 2 rings (SSSR count). The van der Waals surface area contributed by atoms with Gasteiger partial charge in [-0.15, -0.1) is 0 Å². The van der Waals surface area contributed by atoms with Gasteiger partial charge in [-0.2, -0.15) is 0 Å². The maximum absolute atomic E-state index is 11.8. The smallest absolute Gasteiger partial charge is 0.306 e. The zero-order chi connectivity index (χ0) is 13.8. The van der Waals surface area contributed by atoms with Gasteiger partial charge in [-0.05, 0) is 25.7 Å². The Bertz CT molecular complexity index is 469. The first kappa shape index (κ1) is 13.6. The van der Waals surface area contributed by atoms with E-state index in [0.29, 0.717) is 18.7 Å². The lowest BCUT2D eigenvalue weighted by Crippen LogP contribution is -2.37. The summed E-state index contributed by atoms with van der Waals surface area (Å²) < 4.78 is 4.83. The van der Waals surface area contributed by atoms with E-state index in [1.54, 1.807) is 13.0 Å². The fourth-order valence-electron chi connectivity index (χ4n) is 2.56. The van der Waals surface area contributed by atoms with E-state index in [-0.39, 0.29) is 23.4 Å². The lowest BCUT2D eigenvalue weighted by Gasteiger charge is -2.28. The molecule has 1 aliphatic rings. The molecule has 104 valence electrons. The second kappa shape index (κ2) is 5.86. The first-order valence-electron chi connectivity index (χ1n) is 6.52. The Morgan fingerprint density at radius 3 is 2.84 bits per heavy atom. The van der Waals surface area contributed by atoms with Crippen LogP contribution in [0.2, 0.25) is 0 Å². The van der Waals surface area contributed by atoms with Crippen LogP contribution in [0.5, 0.6) is 0 Å². The number of nitrogens with one attached hydrogen (secondary N) is 1. The molecule has 6 heteroatoms. The van der Waals surface area contributed by atoms with Gasteiger partial charge < -0.3 is 14.9 Å². The largest absolute Gasteiger partial charge is 0.481 e. The average molecular weight is 266 g/mol. The average Bonchev–Trinajstić information content (AvgIpc) is 2.83. The number of aromatic nitrogens is 1. The predicted molar refractivity (Wildman–Crippen MR) is 66.7 cm³/mol. The molecule has 1 aromatic heterocycles. The molecular weight excluding hydrogens is 248 g/mol. The number of aryl methyl sites for hydroxylation is 1. The van der Waals surface area contributed by atoms with Crippen molar-refractivity contribution in [2.24, 2.45) is 11.8 Å². The zero-order valence-electron chi connectivity index (χ0n) is 10.9. The number of carbonyl (C=O) groups excluding carboxylic acids is 1. The minimum Gasteiger partial charge on any atom is -0.481 e. The van der Waals surface area contributed by atoms with Crippen LogP contribution >= 0.6 is 0 Å². The first-order valence-corrected chi connectivity index (χ1v) is 6.52. The molecule has 6 nitrogen and oxygen atoms in total. The zero-order valence-corrected chi connectivity index (χ0v) is 10.9. The van der Waals surface area contributed by atoms with E-state index >= 15 is 0 Å². The molecule has 0 bridgehead atoms. The predicted octanol–water partition coefficient (Wildman–Crippen LogP) is 1.60. The van der Waals surface area contributed by atoms with Crippen molar-refractivity contribution in [3.63, 3.8) is 0 Å². The first-order chi connectivity index (χ1) is 9.08. The highest BCUT2D eigenvalue weighted by atomic mass is 16.5. The summed E-state index contributed by atoms with van der Waals surface area (Å²) in [6, 6.07) is 1.56. The fourth-order valence-corrected chi connectivity index (χ4v) is 2.56. The molecule has 1 saturated carbocycles. The molecular formula is C13H18N2O4. The molecule has 2 N–H and O–H groups in total. The van der Waals surface area contributed by atoms with Crippen molar-refractivity contribution in [3.05, 3.63) is 17.5 Å². The molecule has 1 amide bonds. The Morgan fingerprint density at radius 1 is 1.47 bits per heavy atom. The van der Waals surface area contributed by atoms with Gasteiger partial charge in [0.2, 0.25) is 0 Å². The normalized spacial score (nSPS) is 23.0. The summed E-state index contributed by atoms with van der Waals surface area (Å²) in [6.07, 6.45) is 3.51. The number of hydrogen-bond acceptors (Lipinski definition) is 4. The van der Waals surface area contributed by atoms with Crippen molar-refractivity contribution in [1.82, 2.24) is 10.5 Å². The maximum atomic E-state index is 11.8. The van der Waals surface area contributed by atoms with Crippen LogP contribution in [0.1, 0.15) is 41.9 Å². The number of rotatable bonds is 4. The lowest BCUT2D eigenvalue weighted by atomic mass is 9.79. The van der Waals surface area contributed by atoms with Gasteiger partial charge in [0.25, 0.3) is 5.91 Å². The summed E-state index contributed by atoms with van der Waals surface area (Å²) in [7, 11) is 0. The van der Waals surface area contributed by atoms with Crippen molar-refractivity contribution in [1.29, 1.82) is 0 Å². The summed E-state index contributed by atoms with van der Waals surface area (Å²) in [5.41, 5.74) is 0.236. The molecule has 1 heterocycles. The summed E-state index contributed by atoms with van der Waals surface area (Å²) >= 11 is 0. The molecule has 19 heavy (non-hydrogen) atoms. The third-order valence-electron chi connectivity index (χ3n) is 3.61. The van der Waals surface area contributed by atoms with Crippen molar-refractivity contribution in [2.45, 2.75) is 32.6 Å². The van der Waals surface area contributed by atoms with E-state index in [9.17, 15) is 9.59 Å². The summed E-state index contributed by atoms with van der Waals surface area (Å²) in [6.45, 7) is 2.09. The Morgan fingerprint density at radius 2 is 2.21 bits per heavy atom. The van der Waals surface area contributed by atoms with Crippen LogP contribution in [-0.4, -0.2) is 28.7 Å². The Kier molecular flexibility index (Phi) is 4.19. The van der Waals surface area contributed by atoms with Gasteiger partial charge in [-0.3, -0.25) is 9.59 Å². The van der Waals surface area contributed by atoms with Crippen molar-refractivity contribution in [3.8, 4) is 0 Å². The van der Waals surface area contributed by atoms with Crippen LogP contribution in [0.25, 0.3) is 0 Å². The number of carboxylic acids is 1. The molecule has 0 saturated heterocycles. The highest BCUT2D eigenvalue weighted by Gasteiger charge is 2.31. The Balaban J connectivity index is 1.90. The topological polar surface area (TPSA) is 92.4 Å². The second-order valence-corrected chi connectivity index (χ2v) is 5.02. The Hall–Kier alpha value is -1.85. The second-order valence-electron chi connectivity index (χ2n) is 5.02. The number of carboxylic acid groups (broad SMARTS) is 1. The third kappa shape index (κ3) is 3.33. The van der Waals surface area contributed by atoms with Crippen LogP contribution < -0.4 is 5.32 Å². The summed E-state index contributed by atoms with van der Waals surface area (Å²) in [4.78, 5) is 22.9. The van der Waals surface area contributed by atoms with E-state index in [1.165, 1.54) is 0 Å². The van der Waals surface area contributed by atoms with Crippen LogP contribution in [0.15, 0.2) is 10.6 Å². The monoisotopic (exact) mass is 266 g/mol. The van der Waals surface area contributed by atoms with E-state index < -0.39 is 5.97 Å². The molecule has 0 radical (unpaired) electrons. The standard InChI is InChI=1S/C13H18N2O4/c1-8-6-11(15-19-8)12(16)14-7-9-4-2-3-5-10(9)13(17)18/h6,9-10H,2-5,7H2,1H3,(H,14,16)(H,17,18). The molecule has 1 aromatic rings. The minimum absolute atomic E-state index is 0.00296. The maximum Gasteiger partial charge on any atom is 0.306 e. The molecule has 1 fully saturated rings. The number of hydrogen-bond donors (Lipinski definition) is 2. The van der Waals surface area contributed by atoms with Crippen LogP contribution in [0.3, 0.4) is 0 Å². The van der Waals surface area contributed by atoms with Crippen molar-refractivity contribution in [2.75, 3.05) is 6.54 Å². The Labute approximate surface area is 111 Å². The number of carbonyl (C=O) groups is 2. The van der Waals surface area contributed by atoms with Gasteiger partial charge in [0.15, 0.2) is 5.69 Å². The van der Waals surface area contributed by atoms with Crippen molar-refractivity contribution < 1.29 is 19.2 Å².